The van der Waals surface area contributed by atoms with Crippen LogP contribution < -0.4 is 0 Å². The van der Waals surface area contributed by atoms with Crippen molar-refractivity contribution in [2.45, 2.75) is 39.0 Å². The van der Waals surface area contributed by atoms with Crippen LogP contribution in [0.4, 0.5) is 17.6 Å². The first-order valence-electron chi connectivity index (χ1n) is 9.44. The topological polar surface area (TPSA) is 9.23 Å². The first kappa shape index (κ1) is 20.7. The van der Waals surface area contributed by atoms with Crippen LogP contribution in [0.3, 0.4) is 0 Å². The summed E-state index contributed by atoms with van der Waals surface area (Å²) >= 11 is 0. The van der Waals surface area contributed by atoms with Crippen LogP contribution >= 0.6 is 0 Å². The molecule has 0 saturated heterocycles. The highest BCUT2D eigenvalue weighted by molar-refractivity contribution is 5.91. The predicted molar refractivity (Wildman–Crippen MR) is 107 cm³/mol. The fourth-order valence-corrected chi connectivity index (χ4v) is 3.23. The molecule has 0 spiro atoms. The molecule has 0 N–H and O–H groups in total. The van der Waals surface area contributed by atoms with Gasteiger partial charge < -0.3 is 4.74 Å². The highest BCUT2D eigenvalue weighted by Crippen LogP contribution is 2.29. The van der Waals surface area contributed by atoms with E-state index in [1.54, 1.807) is 48.6 Å². The van der Waals surface area contributed by atoms with Crippen LogP contribution in [0.5, 0.6) is 0 Å². The summed E-state index contributed by atoms with van der Waals surface area (Å²) in [7, 11) is 0. The number of fused-ring (bicyclic) bond motifs is 1. The Labute approximate surface area is 167 Å². The highest BCUT2D eigenvalue weighted by Gasteiger charge is 2.29. The van der Waals surface area contributed by atoms with Crippen LogP contribution in [0.25, 0.3) is 21.9 Å². The Balaban J connectivity index is 1.88. The van der Waals surface area contributed by atoms with Crippen LogP contribution in [0.2, 0.25) is 0 Å². The van der Waals surface area contributed by atoms with Gasteiger partial charge in [0.15, 0.2) is 0 Å². The van der Waals surface area contributed by atoms with Crippen molar-refractivity contribution in [2.24, 2.45) is 0 Å². The van der Waals surface area contributed by atoms with Gasteiger partial charge in [-0.25, -0.2) is 4.39 Å². The van der Waals surface area contributed by atoms with Crippen molar-refractivity contribution in [2.75, 3.05) is 0 Å². The molecule has 3 aromatic carbocycles. The number of hydrogen-bond acceptors (Lipinski definition) is 1. The third kappa shape index (κ3) is 5.51. The molecule has 0 bridgehead atoms. The zero-order valence-corrected chi connectivity index (χ0v) is 15.9. The van der Waals surface area contributed by atoms with Gasteiger partial charge in [-0.1, -0.05) is 56.2 Å². The minimum absolute atomic E-state index is 0.284. The molecule has 0 saturated carbocycles. The molecule has 0 heterocycles. The molecule has 5 heteroatoms. The lowest BCUT2D eigenvalue weighted by atomic mass is 9.97. The molecular formula is C24H20F4O. The average Bonchev–Trinajstić information content (AvgIpc) is 2.67. The van der Waals surface area contributed by atoms with Crippen LogP contribution in [-0.2, 0) is 11.2 Å². The Morgan fingerprint density at radius 3 is 2.52 bits per heavy atom. The van der Waals surface area contributed by atoms with E-state index in [9.17, 15) is 17.6 Å². The predicted octanol–water partition coefficient (Wildman–Crippen LogP) is 7.22. The maximum Gasteiger partial charge on any atom is 0.581 e. The average molecular weight is 400 g/mol. The van der Waals surface area contributed by atoms with Crippen LogP contribution in [0.15, 0.2) is 54.6 Å². The second-order valence-corrected chi connectivity index (χ2v) is 6.79. The molecule has 150 valence electrons. The van der Waals surface area contributed by atoms with Crippen molar-refractivity contribution in [1.29, 1.82) is 0 Å². The van der Waals surface area contributed by atoms with E-state index in [1.165, 1.54) is 0 Å². The van der Waals surface area contributed by atoms with Crippen molar-refractivity contribution < 1.29 is 22.3 Å². The van der Waals surface area contributed by atoms with E-state index in [-0.39, 0.29) is 5.82 Å². The summed E-state index contributed by atoms with van der Waals surface area (Å²) in [6.45, 7) is 2.13. The number of aryl methyl sites for hydroxylation is 1. The number of halogens is 4. The lowest BCUT2D eigenvalue weighted by Gasteiger charge is -2.09. The zero-order valence-electron chi connectivity index (χ0n) is 15.9. The molecule has 0 aliphatic rings. The second kappa shape index (κ2) is 9.00. The normalized spacial score (nSPS) is 11.2. The maximum atomic E-state index is 14.7. The van der Waals surface area contributed by atoms with E-state index in [2.05, 4.69) is 17.6 Å². The van der Waals surface area contributed by atoms with Gasteiger partial charge in [0, 0.05) is 11.1 Å². The van der Waals surface area contributed by atoms with Gasteiger partial charge in [0.25, 0.3) is 0 Å². The Hall–Kier alpha value is -3.00. The van der Waals surface area contributed by atoms with Gasteiger partial charge in [-0.15, -0.1) is 13.2 Å². The zero-order chi connectivity index (χ0) is 20.9. The summed E-state index contributed by atoms with van der Waals surface area (Å²) in [5, 5.41) is 1.43. The van der Waals surface area contributed by atoms with Crippen LogP contribution in [0.1, 0.15) is 37.3 Å². The summed E-state index contributed by atoms with van der Waals surface area (Å²) in [6, 6.07) is 15.7. The maximum absolute atomic E-state index is 14.7. The molecule has 3 rings (SSSR count). The van der Waals surface area contributed by atoms with Gasteiger partial charge in [-0.05, 0) is 58.9 Å². The van der Waals surface area contributed by atoms with Crippen molar-refractivity contribution in [3.63, 3.8) is 0 Å². The SMILES string of the molecule is CCCCCc1ccc(-c2ccc3c(C#COC(F)(F)F)cccc3c2)c(F)c1. The Morgan fingerprint density at radius 2 is 1.79 bits per heavy atom. The van der Waals surface area contributed by atoms with Crippen LogP contribution in [-0.4, -0.2) is 6.36 Å². The summed E-state index contributed by atoms with van der Waals surface area (Å²) in [4.78, 5) is 0. The fourth-order valence-electron chi connectivity index (χ4n) is 3.23. The van der Waals surface area contributed by atoms with Gasteiger partial charge in [-0.3, -0.25) is 0 Å². The number of ether oxygens (including phenoxy) is 1. The third-order valence-electron chi connectivity index (χ3n) is 4.65. The number of benzene rings is 3. The van der Waals surface area contributed by atoms with Gasteiger partial charge in [0.1, 0.15) is 11.9 Å². The van der Waals surface area contributed by atoms with Gasteiger partial charge in [0.2, 0.25) is 0 Å². The lowest BCUT2D eigenvalue weighted by Crippen LogP contribution is -2.08. The molecule has 0 fully saturated rings. The Bertz CT molecular complexity index is 1060. The van der Waals surface area contributed by atoms with E-state index in [0.717, 1.165) is 36.6 Å². The number of rotatable bonds is 5. The van der Waals surface area contributed by atoms with Crippen molar-refractivity contribution in [1.82, 2.24) is 0 Å². The number of alkyl halides is 3. The molecule has 29 heavy (non-hydrogen) atoms. The van der Waals surface area contributed by atoms with E-state index in [0.29, 0.717) is 22.1 Å². The van der Waals surface area contributed by atoms with E-state index in [1.807, 2.05) is 12.1 Å². The standard InChI is InChI=1S/C24H20F4O/c1-2-3-4-6-17-9-11-22(23(25)15-17)20-10-12-21-18(7-5-8-19(21)16-20)13-14-29-24(26,27)28/h5,7-12,15-16H,2-4,6H2,1H3. The largest absolute Gasteiger partial charge is 0.581 e. The first-order valence-corrected chi connectivity index (χ1v) is 9.44. The molecular weight excluding hydrogens is 380 g/mol. The number of unbranched alkanes of at least 4 members (excludes halogenated alkanes) is 2. The van der Waals surface area contributed by atoms with E-state index >= 15 is 0 Å². The monoisotopic (exact) mass is 400 g/mol. The molecule has 0 aliphatic heterocycles. The lowest BCUT2D eigenvalue weighted by molar-refractivity contribution is -0.291. The van der Waals surface area contributed by atoms with E-state index < -0.39 is 6.36 Å². The molecule has 0 unspecified atom stereocenters. The summed E-state index contributed by atoms with van der Waals surface area (Å²) in [5.41, 5.74) is 2.57. The van der Waals surface area contributed by atoms with Gasteiger partial charge in [0.05, 0.1) is 0 Å². The molecule has 0 aliphatic carbocycles. The summed E-state index contributed by atoms with van der Waals surface area (Å²) in [5.74, 6) is 2.10. The van der Waals surface area contributed by atoms with Crippen molar-refractivity contribution in [3.8, 4) is 23.2 Å². The van der Waals surface area contributed by atoms with E-state index in [4.69, 9.17) is 0 Å². The molecule has 0 aromatic heterocycles. The number of hydrogen-bond donors (Lipinski definition) is 0. The first-order chi connectivity index (χ1) is 13.9. The highest BCUT2D eigenvalue weighted by atomic mass is 19.4. The smallest absolute Gasteiger partial charge is 0.352 e. The Morgan fingerprint density at radius 1 is 0.966 bits per heavy atom. The van der Waals surface area contributed by atoms with Crippen molar-refractivity contribution in [3.05, 3.63) is 71.5 Å². The van der Waals surface area contributed by atoms with Crippen molar-refractivity contribution >= 4 is 10.8 Å². The molecule has 0 radical (unpaired) electrons. The minimum Gasteiger partial charge on any atom is -0.352 e. The quantitative estimate of drug-likeness (QED) is 0.249. The Kier molecular flexibility index (Phi) is 6.43. The fraction of sp³-hybridized carbons (Fsp3) is 0.250. The molecule has 1 nitrogen and oxygen atoms in total. The minimum atomic E-state index is -4.80. The van der Waals surface area contributed by atoms with Gasteiger partial charge >= 0.3 is 6.36 Å². The molecule has 0 atom stereocenters. The van der Waals surface area contributed by atoms with Gasteiger partial charge in [-0.2, -0.15) is 0 Å². The van der Waals surface area contributed by atoms with Crippen LogP contribution in [0, 0.1) is 17.8 Å². The summed E-state index contributed by atoms with van der Waals surface area (Å²) in [6.07, 6.45) is 1.00. The summed E-state index contributed by atoms with van der Waals surface area (Å²) < 4.78 is 54.5. The second-order valence-electron chi connectivity index (χ2n) is 6.79. The molecule has 3 aromatic rings. The third-order valence-corrected chi connectivity index (χ3v) is 4.65. The molecule has 0 amide bonds.